The van der Waals surface area contributed by atoms with Gasteiger partial charge in [0.15, 0.2) is 0 Å². The lowest BCUT2D eigenvalue weighted by molar-refractivity contribution is -0.140. The summed E-state index contributed by atoms with van der Waals surface area (Å²) < 4.78 is -0.551. The first-order valence-electron chi connectivity index (χ1n) is 4.85. The summed E-state index contributed by atoms with van der Waals surface area (Å²) in [5.74, 6) is 0.818. The van der Waals surface area contributed by atoms with Crippen LogP contribution in [0.3, 0.4) is 0 Å². The Morgan fingerprint density at radius 3 is 2.08 bits per heavy atom. The van der Waals surface area contributed by atoms with E-state index < -0.39 is 10.7 Å². The molecule has 0 aliphatic rings. The molecule has 2 nitrogen and oxygen atoms in total. The van der Waals surface area contributed by atoms with Gasteiger partial charge in [0.25, 0.3) is 0 Å². The molecule has 0 heterocycles. The van der Waals surface area contributed by atoms with Crippen LogP contribution in [0.5, 0.6) is 0 Å². The van der Waals surface area contributed by atoms with E-state index in [1.165, 1.54) is 0 Å². The normalized spacial score (nSPS) is 12.1. The van der Waals surface area contributed by atoms with Gasteiger partial charge in [-0.3, -0.25) is 4.79 Å². The van der Waals surface area contributed by atoms with Gasteiger partial charge in [0.1, 0.15) is 4.75 Å². The molecule has 0 saturated carbocycles. The van der Waals surface area contributed by atoms with Gasteiger partial charge in [0.05, 0.1) is 0 Å². The number of carboxylic acids is 1. The minimum Gasteiger partial charge on any atom is -0.480 e. The first-order chi connectivity index (χ1) is 5.98. The lowest BCUT2D eigenvalue weighted by atomic mass is 10.0. The van der Waals surface area contributed by atoms with Gasteiger partial charge in [0, 0.05) is 0 Å². The second-order valence-corrected chi connectivity index (χ2v) is 5.11. The van der Waals surface area contributed by atoms with Crippen molar-refractivity contribution in [3.63, 3.8) is 0 Å². The highest BCUT2D eigenvalue weighted by Crippen LogP contribution is 2.34. The molecular weight excluding hydrogens is 184 g/mol. The summed E-state index contributed by atoms with van der Waals surface area (Å²) in [7, 11) is 0. The molecule has 0 atom stereocenters. The summed E-state index contributed by atoms with van der Waals surface area (Å²) in [6, 6.07) is 0. The van der Waals surface area contributed by atoms with Crippen LogP contribution < -0.4 is 0 Å². The monoisotopic (exact) mass is 204 g/mol. The highest BCUT2D eigenvalue weighted by atomic mass is 32.2. The SMILES string of the molecule is CCC(CC)(SCC(C)C)C(=O)O. The standard InChI is InChI=1S/C10H20O2S/c1-5-10(6-2,9(11)12)13-7-8(3)4/h8H,5-7H2,1-4H3,(H,11,12). The van der Waals surface area contributed by atoms with E-state index in [0.29, 0.717) is 18.8 Å². The maximum atomic E-state index is 11.1. The predicted octanol–water partition coefficient (Wildman–Crippen LogP) is 3.02. The fourth-order valence-electron chi connectivity index (χ4n) is 1.14. The van der Waals surface area contributed by atoms with Crippen LogP contribution in [0.15, 0.2) is 0 Å². The van der Waals surface area contributed by atoms with Crippen LogP contribution in [-0.2, 0) is 4.79 Å². The van der Waals surface area contributed by atoms with Crippen molar-refractivity contribution >= 4 is 17.7 Å². The average molecular weight is 204 g/mol. The molecule has 0 rings (SSSR count). The Balaban J connectivity index is 4.31. The number of hydrogen-bond acceptors (Lipinski definition) is 2. The molecule has 0 aromatic heterocycles. The minimum absolute atomic E-state index is 0.551. The van der Waals surface area contributed by atoms with Crippen LogP contribution in [0.2, 0.25) is 0 Å². The van der Waals surface area contributed by atoms with Crippen LogP contribution in [-0.4, -0.2) is 21.6 Å². The number of rotatable bonds is 6. The van der Waals surface area contributed by atoms with Crippen molar-refractivity contribution in [2.24, 2.45) is 5.92 Å². The van der Waals surface area contributed by atoms with Crippen molar-refractivity contribution in [3.05, 3.63) is 0 Å². The molecule has 0 aromatic rings. The Bertz CT molecular complexity index is 162. The Hall–Kier alpha value is -0.180. The zero-order valence-electron chi connectivity index (χ0n) is 8.96. The van der Waals surface area contributed by atoms with Gasteiger partial charge >= 0.3 is 5.97 Å². The molecule has 0 radical (unpaired) electrons. The Morgan fingerprint density at radius 1 is 1.38 bits per heavy atom. The first-order valence-corrected chi connectivity index (χ1v) is 5.84. The van der Waals surface area contributed by atoms with Crippen LogP contribution >= 0.6 is 11.8 Å². The topological polar surface area (TPSA) is 37.3 Å². The van der Waals surface area contributed by atoms with Crippen molar-refractivity contribution in [2.75, 3.05) is 5.75 Å². The van der Waals surface area contributed by atoms with Gasteiger partial charge < -0.3 is 5.11 Å². The third-order valence-electron chi connectivity index (χ3n) is 2.22. The maximum Gasteiger partial charge on any atom is 0.319 e. The predicted molar refractivity (Wildman–Crippen MR) is 58.2 cm³/mol. The second-order valence-electron chi connectivity index (χ2n) is 3.71. The van der Waals surface area contributed by atoms with Crippen molar-refractivity contribution in [1.82, 2.24) is 0 Å². The number of thioether (sulfide) groups is 1. The molecule has 0 amide bonds. The Morgan fingerprint density at radius 2 is 1.85 bits per heavy atom. The fourth-order valence-corrected chi connectivity index (χ4v) is 2.33. The molecule has 0 aromatic carbocycles. The number of hydrogen-bond donors (Lipinski definition) is 1. The quantitative estimate of drug-likeness (QED) is 0.722. The van der Waals surface area contributed by atoms with E-state index in [1.54, 1.807) is 11.8 Å². The highest BCUT2D eigenvalue weighted by molar-refractivity contribution is 8.01. The van der Waals surface area contributed by atoms with E-state index in [1.807, 2.05) is 13.8 Å². The van der Waals surface area contributed by atoms with Gasteiger partial charge in [-0.1, -0.05) is 27.7 Å². The summed E-state index contributed by atoms with van der Waals surface area (Å²) >= 11 is 1.59. The molecule has 0 fully saturated rings. The summed E-state index contributed by atoms with van der Waals surface area (Å²) in [6.07, 6.45) is 1.41. The van der Waals surface area contributed by atoms with Crippen molar-refractivity contribution < 1.29 is 9.90 Å². The van der Waals surface area contributed by atoms with E-state index in [0.717, 1.165) is 5.75 Å². The van der Waals surface area contributed by atoms with E-state index >= 15 is 0 Å². The van der Waals surface area contributed by atoms with Crippen molar-refractivity contribution in [3.8, 4) is 0 Å². The number of carbonyl (C=O) groups is 1. The van der Waals surface area contributed by atoms with E-state index in [9.17, 15) is 4.79 Å². The zero-order chi connectivity index (χ0) is 10.5. The summed E-state index contributed by atoms with van der Waals surface area (Å²) in [5.41, 5.74) is 0. The van der Waals surface area contributed by atoms with E-state index in [-0.39, 0.29) is 0 Å². The van der Waals surface area contributed by atoms with E-state index in [4.69, 9.17) is 5.11 Å². The molecule has 0 unspecified atom stereocenters. The van der Waals surface area contributed by atoms with Crippen molar-refractivity contribution in [1.29, 1.82) is 0 Å². The lowest BCUT2D eigenvalue weighted by Gasteiger charge is -2.26. The van der Waals surface area contributed by atoms with Crippen LogP contribution in [0.1, 0.15) is 40.5 Å². The molecule has 13 heavy (non-hydrogen) atoms. The maximum absolute atomic E-state index is 11.1. The molecule has 3 heteroatoms. The van der Waals surface area contributed by atoms with Gasteiger partial charge in [-0.25, -0.2) is 0 Å². The summed E-state index contributed by atoms with van der Waals surface area (Å²) in [5, 5.41) is 9.12. The smallest absolute Gasteiger partial charge is 0.319 e. The second kappa shape index (κ2) is 5.53. The molecule has 0 saturated heterocycles. The van der Waals surface area contributed by atoms with Crippen molar-refractivity contribution in [2.45, 2.75) is 45.3 Å². The molecule has 0 bridgehead atoms. The highest BCUT2D eigenvalue weighted by Gasteiger charge is 2.35. The largest absolute Gasteiger partial charge is 0.480 e. The van der Waals surface area contributed by atoms with Gasteiger partial charge in [-0.2, -0.15) is 0 Å². The molecule has 1 N–H and O–H groups in total. The van der Waals surface area contributed by atoms with Gasteiger partial charge in [0.2, 0.25) is 0 Å². The van der Waals surface area contributed by atoms with Crippen LogP contribution in [0.4, 0.5) is 0 Å². The van der Waals surface area contributed by atoms with Crippen LogP contribution in [0, 0.1) is 5.92 Å². The van der Waals surface area contributed by atoms with Gasteiger partial charge in [-0.15, -0.1) is 11.8 Å². The summed E-state index contributed by atoms with van der Waals surface area (Å²) in [6.45, 7) is 8.13. The number of aliphatic carboxylic acids is 1. The summed E-state index contributed by atoms with van der Waals surface area (Å²) in [4.78, 5) is 11.1. The Labute approximate surface area is 85.1 Å². The molecule has 0 aliphatic heterocycles. The molecule has 0 spiro atoms. The zero-order valence-corrected chi connectivity index (χ0v) is 9.78. The third kappa shape index (κ3) is 3.59. The fraction of sp³-hybridized carbons (Fsp3) is 0.900. The van der Waals surface area contributed by atoms with Crippen LogP contribution in [0.25, 0.3) is 0 Å². The molecular formula is C10H20O2S. The van der Waals surface area contributed by atoms with Gasteiger partial charge in [-0.05, 0) is 24.5 Å². The lowest BCUT2D eigenvalue weighted by Crippen LogP contribution is -2.34. The van der Waals surface area contributed by atoms with E-state index in [2.05, 4.69) is 13.8 Å². The number of carboxylic acid groups (broad SMARTS) is 1. The molecule has 0 aliphatic carbocycles. The average Bonchev–Trinajstić information content (AvgIpc) is 2.06. The Kier molecular flexibility index (Phi) is 5.45. The first kappa shape index (κ1) is 12.8. The minimum atomic E-state index is -0.664. The third-order valence-corrected chi connectivity index (χ3v) is 4.36. The molecule has 78 valence electrons.